The third-order valence-electron chi connectivity index (χ3n) is 11.7. The number of carbonyl (C=O) groups excluding carboxylic acids is 4. The lowest BCUT2D eigenvalue weighted by Crippen LogP contribution is -3.00. The Morgan fingerprint density at radius 3 is 1.00 bits per heavy atom. The van der Waals surface area contributed by atoms with Crippen molar-refractivity contribution in [2.75, 3.05) is 26.0 Å². The number of hydrogen-bond acceptors (Lipinski definition) is 7. The molecular formula is C57H63BrNO7P. The lowest BCUT2D eigenvalue weighted by Gasteiger charge is -2.33. The molecule has 0 aliphatic carbocycles. The van der Waals surface area contributed by atoms with Gasteiger partial charge in [0.25, 0.3) is 0 Å². The number of hydrogen-bond donors (Lipinski definition) is 1. The minimum absolute atomic E-state index is 0. The summed E-state index contributed by atoms with van der Waals surface area (Å²) in [5, 5.41) is 6.89. The van der Waals surface area contributed by atoms with E-state index in [1.54, 1.807) is 0 Å². The van der Waals surface area contributed by atoms with E-state index in [4.69, 9.17) is 14.2 Å². The first-order chi connectivity index (χ1) is 32.3. The number of amides is 1. The van der Waals surface area contributed by atoms with E-state index < -0.39 is 30.7 Å². The van der Waals surface area contributed by atoms with Crippen LogP contribution in [-0.2, 0) is 52.7 Å². The fraction of sp³-hybridized carbons (Fsp3) is 0.298. The maximum absolute atomic E-state index is 14.2. The molecule has 10 heteroatoms. The van der Waals surface area contributed by atoms with Crippen molar-refractivity contribution in [2.24, 2.45) is 0 Å². The number of unbranched alkanes of at least 4 members (excludes halogenated alkanes) is 1. The van der Waals surface area contributed by atoms with Crippen LogP contribution < -0.4 is 38.2 Å². The first-order valence-corrected chi connectivity index (χ1v) is 25.3. The summed E-state index contributed by atoms with van der Waals surface area (Å²) < 4.78 is 17.6. The zero-order valence-electron chi connectivity index (χ0n) is 38.3. The third-order valence-corrected chi connectivity index (χ3v) is 16.3. The Balaban J connectivity index is 0.00000840. The fourth-order valence-electron chi connectivity index (χ4n) is 8.22. The topological polar surface area (TPSA) is 108 Å². The molecule has 8 nitrogen and oxygen atoms in total. The number of aryl methyl sites for hydroxylation is 3. The number of nitrogens with one attached hydrogen (secondary N) is 1. The number of rotatable bonds is 27. The van der Waals surface area contributed by atoms with Gasteiger partial charge in [0.15, 0.2) is 0 Å². The van der Waals surface area contributed by atoms with Crippen molar-refractivity contribution in [1.29, 1.82) is 0 Å². The SMILES string of the molecule is O=C(CCCC[P+](c1ccccc1)(c1ccccc1)c1ccccc1)NC(COC(=O)CCCc1ccccc1)(COC(=O)CCCc1ccccc1)COC(=O)CCCc1ccccc1.[Br-]. The van der Waals surface area contributed by atoms with Gasteiger partial charge < -0.3 is 36.5 Å². The van der Waals surface area contributed by atoms with Crippen LogP contribution >= 0.6 is 7.26 Å². The molecule has 6 aromatic carbocycles. The van der Waals surface area contributed by atoms with Gasteiger partial charge in [0.05, 0.1) is 6.16 Å². The molecule has 1 N–H and O–H groups in total. The van der Waals surface area contributed by atoms with Crippen molar-refractivity contribution in [3.05, 3.63) is 199 Å². The summed E-state index contributed by atoms with van der Waals surface area (Å²) in [7, 11) is -2.11. The second kappa shape index (κ2) is 28.3. The first kappa shape index (κ1) is 52.1. The Morgan fingerprint density at radius 2 is 0.687 bits per heavy atom. The van der Waals surface area contributed by atoms with Crippen LogP contribution in [0.1, 0.15) is 74.5 Å². The molecule has 0 bridgehead atoms. The maximum atomic E-state index is 14.2. The molecule has 0 aliphatic rings. The molecule has 0 aromatic heterocycles. The molecule has 0 spiro atoms. The molecule has 6 rings (SSSR count). The third kappa shape index (κ3) is 17.0. The van der Waals surface area contributed by atoms with Gasteiger partial charge in [-0.15, -0.1) is 0 Å². The van der Waals surface area contributed by atoms with E-state index in [1.807, 2.05) is 109 Å². The normalized spacial score (nSPS) is 11.2. The zero-order valence-corrected chi connectivity index (χ0v) is 40.8. The number of ether oxygens (including phenoxy) is 3. The quantitative estimate of drug-likeness (QED) is 0.0265. The molecule has 0 saturated carbocycles. The second-order valence-corrected chi connectivity index (χ2v) is 20.4. The van der Waals surface area contributed by atoms with Crippen LogP contribution in [0.3, 0.4) is 0 Å². The van der Waals surface area contributed by atoms with Crippen LogP contribution in [0.25, 0.3) is 0 Å². The Labute approximate surface area is 408 Å². The molecule has 1 amide bonds. The predicted molar refractivity (Wildman–Crippen MR) is 266 cm³/mol. The Morgan fingerprint density at radius 1 is 0.388 bits per heavy atom. The van der Waals surface area contributed by atoms with Crippen LogP contribution in [0.15, 0.2) is 182 Å². The van der Waals surface area contributed by atoms with Gasteiger partial charge in [0, 0.05) is 25.7 Å². The highest BCUT2D eigenvalue weighted by atomic mass is 79.9. The van der Waals surface area contributed by atoms with Crippen molar-refractivity contribution in [2.45, 2.75) is 82.6 Å². The van der Waals surface area contributed by atoms with Gasteiger partial charge in [-0.3, -0.25) is 19.2 Å². The van der Waals surface area contributed by atoms with Crippen LogP contribution in [-0.4, -0.2) is 55.3 Å². The van der Waals surface area contributed by atoms with Crippen molar-refractivity contribution < 1.29 is 50.4 Å². The van der Waals surface area contributed by atoms with Gasteiger partial charge in [0.1, 0.15) is 48.5 Å². The highest BCUT2D eigenvalue weighted by molar-refractivity contribution is 7.95. The molecular weight excluding hydrogens is 922 g/mol. The summed E-state index contributed by atoms with van der Waals surface area (Å²) in [6, 6.07) is 61.6. The van der Waals surface area contributed by atoms with E-state index in [2.05, 4.69) is 78.1 Å². The van der Waals surface area contributed by atoms with E-state index >= 15 is 0 Å². The van der Waals surface area contributed by atoms with Gasteiger partial charge in [-0.25, -0.2) is 0 Å². The average Bonchev–Trinajstić information content (AvgIpc) is 3.36. The fourth-order valence-corrected chi connectivity index (χ4v) is 12.6. The van der Waals surface area contributed by atoms with Crippen molar-refractivity contribution in [3.63, 3.8) is 0 Å². The van der Waals surface area contributed by atoms with Gasteiger partial charge in [0.2, 0.25) is 5.91 Å². The molecule has 0 saturated heterocycles. The van der Waals surface area contributed by atoms with E-state index in [1.165, 1.54) is 15.9 Å². The first-order valence-electron chi connectivity index (χ1n) is 23.3. The van der Waals surface area contributed by atoms with Gasteiger partial charge in [-0.2, -0.15) is 0 Å². The highest BCUT2D eigenvalue weighted by Gasteiger charge is 2.44. The Bertz CT molecular complexity index is 2110. The van der Waals surface area contributed by atoms with Crippen molar-refractivity contribution in [3.8, 4) is 0 Å². The number of carbonyl (C=O) groups is 4. The van der Waals surface area contributed by atoms with E-state index in [0.717, 1.165) is 29.3 Å². The van der Waals surface area contributed by atoms with Gasteiger partial charge in [-0.05, 0) is 104 Å². The summed E-state index contributed by atoms with van der Waals surface area (Å²) in [6.45, 7) is -1.04. The monoisotopic (exact) mass is 983 g/mol. The van der Waals surface area contributed by atoms with Crippen molar-refractivity contribution >= 4 is 47.0 Å². The molecule has 0 unspecified atom stereocenters. The lowest BCUT2D eigenvalue weighted by molar-refractivity contribution is -0.159. The number of esters is 3. The van der Waals surface area contributed by atoms with Crippen LogP contribution in [0.4, 0.5) is 0 Å². The lowest BCUT2D eigenvalue weighted by atomic mass is 10.0. The van der Waals surface area contributed by atoms with Crippen LogP contribution in [0, 0.1) is 0 Å². The summed E-state index contributed by atoms with van der Waals surface area (Å²) >= 11 is 0. The highest BCUT2D eigenvalue weighted by Crippen LogP contribution is 2.56. The van der Waals surface area contributed by atoms with E-state index in [0.29, 0.717) is 44.9 Å². The van der Waals surface area contributed by atoms with Crippen LogP contribution in [0.2, 0.25) is 0 Å². The van der Waals surface area contributed by atoms with Gasteiger partial charge >= 0.3 is 17.9 Å². The molecule has 0 aliphatic heterocycles. The zero-order chi connectivity index (χ0) is 46.1. The Kier molecular flexibility index (Phi) is 22.0. The van der Waals surface area contributed by atoms with Gasteiger partial charge in [-0.1, -0.05) is 146 Å². The largest absolute Gasteiger partial charge is 1.00 e. The number of benzene rings is 6. The minimum atomic E-state index is -2.11. The van der Waals surface area contributed by atoms with Crippen molar-refractivity contribution in [1.82, 2.24) is 5.32 Å². The smallest absolute Gasteiger partial charge is 0.305 e. The molecule has 0 atom stereocenters. The second-order valence-electron chi connectivity index (χ2n) is 16.8. The maximum Gasteiger partial charge on any atom is 0.305 e. The summed E-state index contributed by atoms with van der Waals surface area (Å²) in [5.74, 6) is -1.71. The minimum Gasteiger partial charge on any atom is -1.00 e. The summed E-state index contributed by atoms with van der Waals surface area (Å²) in [5.41, 5.74) is 1.81. The standard InChI is InChI=1S/C57H62NO7P.BrH/c59-53(39-19-20-43-66(50-33-13-4-14-34-50,51-35-15-5-16-36-51)52-37-17-6-18-38-52)58-57(44-63-54(60)40-21-30-47-24-7-1-8-25-47,45-64-55(61)41-22-31-48-26-9-2-10-27-48)46-65-56(62)42-23-32-49-28-11-3-12-29-49;/h1-18,24-29,33-38H,19-23,30-32,39-46H2;1H. The Hall–Kier alpha value is -5.89. The predicted octanol–water partition coefficient (Wildman–Crippen LogP) is 6.71. The molecule has 0 fully saturated rings. The van der Waals surface area contributed by atoms with E-state index in [-0.39, 0.29) is 68.4 Å². The molecule has 67 heavy (non-hydrogen) atoms. The summed E-state index contributed by atoms with van der Waals surface area (Å²) in [6.07, 6.45) is 6.52. The molecule has 0 heterocycles. The average molecular weight is 985 g/mol. The molecule has 350 valence electrons. The molecule has 6 aromatic rings. The number of halogens is 1. The summed E-state index contributed by atoms with van der Waals surface area (Å²) in [4.78, 5) is 54.1. The van der Waals surface area contributed by atoms with Crippen LogP contribution in [0.5, 0.6) is 0 Å². The van der Waals surface area contributed by atoms with E-state index in [9.17, 15) is 19.2 Å². The molecule has 0 radical (unpaired) electrons.